The number of hydrogen-bond donors (Lipinski definition) is 1. The van der Waals surface area contributed by atoms with Gasteiger partial charge in [-0.25, -0.2) is 0 Å². The van der Waals surface area contributed by atoms with E-state index in [4.69, 9.17) is 14.7 Å². The van der Waals surface area contributed by atoms with Crippen LogP contribution in [-0.2, 0) is 9.53 Å². The van der Waals surface area contributed by atoms with Gasteiger partial charge in [0, 0.05) is 12.1 Å². The molecule has 5 heteroatoms. The number of benzene rings is 1. The molecule has 1 N–H and O–H groups in total. The molecule has 88 valence electrons. The van der Waals surface area contributed by atoms with Crippen molar-refractivity contribution in [3.63, 3.8) is 0 Å². The molecule has 0 radical (unpaired) electrons. The van der Waals surface area contributed by atoms with Crippen LogP contribution in [0.2, 0.25) is 0 Å². The average molecular weight is 232 g/mol. The highest BCUT2D eigenvalue weighted by molar-refractivity contribution is 6.00. The Morgan fingerprint density at radius 2 is 2.18 bits per heavy atom. The number of carbonyl (C=O) groups excluding carboxylic acids is 1. The summed E-state index contributed by atoms with van der Waals surface area (Å²) in [6.07, 6.45) is 0.436. The summed E-state index contributed by atoms with van der Waals surface area (Å²) in [5.74, 6) is 0.286. The lowest BCUT2D eigenvalue weighted by Gasteiger charge is -2.33. The Hall–Kier alpha value is -2.06. The second kappa shape index (κ2) is 4.44. The van der Waals surface area contributed by atoms with Gasteiger partial charge in [-0.3, -0.25) is 4.79 Å². The van der Waals surface area contributed by atoms with Crippen LogP contribution in [0.3, 0.4) is 0 Å². The lowest BCUT2D eigenvalue weighted by Crippen LogP contribution is -2.52. The number of nitrogens with zero attached hydrogens (tertiary/aromatic N) is 1. The first kappa shape index (κ1) is 11.4. The molecule has 1 heterocycles. The number of hydrogen-bond acceptors (Lipinski definition) is 4. The van der Waals surface area contributed by atoms with Crippen molar-refractivity contribution >= 4 is 11.6 Å². The minimum atomic E-state index is -1.31. The van der Waals surface area contributed by atoms with E-state index in [0.717, 1.165) is 0 Å². The Morgan fingerprint density at radius 3 is 2.59 bits per heavy atom. The Balaban J connectivity index is 2.05. The van der Waals surface area contributed by atoms with Crippen molar-refractivity contribution in [2.45, 2.75) is 12.0 Å². The number of nitrogens with one attached hydrogen (secondary N) is 1. The first-order valence-corrected chi connectivity index (χ1v) is 5.21. The Bertz CT molecular complexity index is 458. The third kappa shape index (κ3) is 2.08. The van der Waals surface area contributed by atoms with E-state index in [2.05, 4.69) is 5.32 Å². The van der Waals surface area contributed by atoms with E-state index in [9.17, 15) is 4.79 Å². The monoisotopic (exact) mass is 232 g/mol. The van der Waals surface area contributed by atoms with E-state index < -0.39 is 11.5 Å². The van der Waals surface area contributed by atoms with Crippen LogP contribution in [0.4, 0.5) is 5.69 Å². The second-order valence-electron chi connectivity index (χ2n) is 3.72. The fourth-order valence-corrected chi connectivity index (χ4v) is 1.53. The van der Waals surface area contributed by atoms with Crippen molar-refractivity contribution in [2.75, 3.05) is 19.0 Å². The molecule has 1 atom stereocenters. The Kier molecular flexibility index (Phi) is 2.98. The summed E-state index contributed by atoms with van der Waals surface area (Å²) in [6.45, 7) is 0.448. The van der Waals surface area contributed by atoms with Gasteiger partial charge in [-0.05, 0) is 24.3 Å². The predicted molar refractivity (Wildman–Crippen MR) is 60.5 cm³/mol. The van der Waals surface area contributed by atoms with E-state index in [1.54, 1.807) is 31.4 Å². The molecule has 0 aromatic heterocycles. The fraction of sp³-hybridized carbons (Fsp3) is 0.333. The number of anilines is 1. The summed E-state index contributed by atoms with van der Waals surface area (Å²) in [5.41, 5.74) is -0.694. The summed E-state index contributed by atoms with van der Waals surface area (Å²) in [7, 11) is 1.57. The van der Waals surface area contributed by atoms with Crippen LogP contribution in [0.5, 0.6) is 5.75 Å². The maximum atomic E-state index is 11.8. The molecule has 0 spiro atoms. The van der Waals surface area contributed by atoms with E-state index in [1.807, 2.05) is 6.07 Å². The molecule has 1 fully saturated rings. The zero-order chi connectivity index (χ0) is 12.3. The van der Waals surface area contributed by atoms with Crippen molar-refractivity contribution in [3.8, 4) is 11.8 Å². The van der Waals surface area contributed by atoms with E-state index in [-0.39, 0.29) is 0 Å². The molecule has 17 heavy (non-hydrogen) atoms. The zero-order valence-electron chi connectivity index (χ0n) is 9.40. The molecule has 0 unspecified atom stereocenters. The van der Waals surface area contributed by atoms with Crippen molar-refractivity contribution in [3.05, 3.63) is 24.3 Å². The number of rotatable bonds is 3. The van der Waals surface area contributed by atoms with Crippen LogP contribution < -0.4 is 10.1 Å². The summed E-state index contributed by atoms with van der Waals surface area (Å²) in [4.78, 5) is 11.8. The number of methoxy groups -OCH3 is 1. The quantitative estimate of drug-likeness (QED) is 0.853. The number of nitriles is 1. The SMILES string of the molecule is COc1ccc(NC(=O)[C@]2(C#N)CCO2)cc1. The fourth-order valence-electron chi connectivity index (χ4n) is 1.53. The summed E-state index contributed by atoms with van der Waals surface area (Å²) in [5, 5.41) is 11.6. The number of amides is 1. The highest BCUT2D eigenvalue weighted by atomic mass is 16.5. The third-order valence-electron chi connectivity index (χ3n) is 2.70. The lowest BCUT2D eigenvalue weighted by atomic mass is 9.95. The molecule has 1 aromatic carbocycles. The smallest absolute Gasteiger partial charge is 0.271 e. The normalized spacial score (nSPS) is 22.1. The van der Waals surface area contributed by atoms with Gasteiger partial charge in [0.15, 0.2) is 0 Å². The Morgan fingerprint density at radius 1 is 1.53 bits per heavy atom. The zero-order valence-corrected chi connectivity index (χ0v) is 9.40. The molecule has 1 aliphatic rings. The predicted octanol–water partition coefficient (Wildman–Crippen LogP) is 1.32. The van der Waals surface area contributed by atoms with Crippen LogP contribution in [0.1, 0.15) is 6.42 Å². The molecule has 0 bridgehead atoms. The van der Waals surface area contributed by atoms with Gasteiger partial charge in [0.2, 0.25) is 5.60 Å². The minimum absolute atomic E-state index is 0.420. The van der Waals surface area contributed by atoms with Crippen molar-refractivity contribution < 1.29 is 14.3 Å². The first-order chi connectivity index (χ1) is 8.20. The van der Waals surface area contributed by atoms with E-state index in [1.165, 1.54) is 0 Å². The minimum Gasteiger partial charge on any atom is -0.497 e. The Labute approximate surface area is 98.9 Å². The maximum Gasteiger partial charge on any atom is 0.271 e. The molecular formula is C12H12N2O3. The lowest BCUT2D eigenvalue weighted by molar-refractivity contribution is -0.154. The molecule has 2 rings (SSSR count). The van der Waals surface area contributed by atoms with Gasteiger partial charge in [0.05, 0.1) is 13.7 Å². The van der Waals surface area contributed by atoms with Gasteiger partial charge in [-0.15, -0.1) is 0 Å². The first-order valence-electron chi connectivity index (χ1n) is 5.21. The van der Waals surface area contributed by atoms with E-state index in [0.29, 0.717) is 24.5 Å². The van der Waals surface area contributed by atoms with Crippen molar-refractivity contribution in [2.24, 2.45) is 0 Å². The van der Waals surface area contributed by atoms with Gasteiger partial charge < -0.3 is 14.8 Å². The van der Waals surface area contributed by atoms with Gasteiger partial charge in [0.25, 0.3) is 5.91 Å². The molecule has 1 saturated heterocycles. The largest absolute Gasteiger partial charge is 0.497 e. The highest BCUT2D eigenvalue weighted by Crippen LogP contribution is 2.27. The van der Waals surface area contributed by atoms with Crippen LogP contribution in [0.25, 0.3) is 0 Å². The molecule has 0 aliphatic carbocycles. The molecule has 1 amide bonds. The van der Waals surface area contributed by atoms with Crippen LogP contribution in [0.15, 0.2) is 24.3 Å². The summed E-state index contributed by atoms with van der Waals surface area (Å²) >= 11 is 0. The van der Waals surface area contributed by atoms with Gasteiger partial charge >= 0.3 is 0 Å². The number of carbonyl (C=O) groups is 1. The highest BCUT2D eigenvalue weighted by Gasteiger charge is 2.46. The summed E-state index contributed by atoms with van der Waals surface area (Å²) < 4.78 is 10.1. The number of ether oxygens (including phenoxy) is 2. The van der Waals surface area contributed by atoms with E-state index >= 15 is 0 Å². The molecule has 1 aliphatic heterocycles. The topological polar surface area (TPSA) is 71.3 Å². The van der Waals surface area contributed by atoms with Crippen LogP contribution >= 0.6 is 0 Å². The van der Waals surface area contributed by atoms with Crippen molar-refractivity contribution in [1.29, 1.82) is 5.26 Å². The standard InChI is InChI=1S/C12H12N2O3/c1-16-10-4-2-9(3-5-10)14-11(15)12(8-13)6-7-17-12/h2-5H,6-7H2,1H3,(H,14,15)/t12-/m1/s1. The van der Waals surface area contributed by atoms with Gasteiger partial charge in [-0.2, -0.15) is 5.26 Å². The second-order valence-corrected chi connectivity index (χ2v) is 3.72. The average Bonchev–Trinajstić information content (AvgIpc) is 2.29. The molecular weight excluding hydrogens is 220 g/mol. The van der Waals surface area contributed by atoms with Crippen molar-refractivity contribution in [1.82, 2.24) is 0 Å². The third-order valence-corrected chi connectivity index (χ3v) is 2.70. The molecule has 0 saturated carbocycles. The summed E-state index contributed by atoms with van der Waals surface area (Å²) in [6, 6.07) is 8.78. The van der Waals surface area contributed by atoms with Crippen LogP contribution in [0, 0.1) is 11.3 Å². The van der Waals surface area contributed by atoms with Crippen LogP contribution in [-0.4, -0.2) is 25.2 Å². The maximum absolute atomic E-state index is 11.8. The molecule has 1 aromatic rings. The van der Waals surface area contributed by atoms with Gasteiger partial charge in [-0.1, -0.05) is 0 Å². The van der Waals surface area contributed by atoms with Gasteiger partial charge in [0.1, 0.15) is 11.8 Å². The molecule has 5 nitrogen and oxygen atoms in total.